The monoisotopic (exact) mass is 423 g/mol. The molecule has 1 aromatic carbocycles. The van der Waals surface area contributed by atoms with Gasteiger partial charge in [0.25, 0.3) is 5.69 Å². The van der Waals surface area contributed by atoms with Crippen LogP contribution in [-0.2, 0) is 23.9 Å². The molecule has 0 radical (unpaired) electrons. The van der Waals surface area contributed by atoms with E-state index >= 15 is 0 Å². The first-order chi connectivity index (χ1) is 13.9. The van der Waals surface area contributed by atoms with Crippen LogP contribution in [0.4, 0.5) is 11.4 Å². The van der Waals surface area contributed by atoms with Gasteiger partial charge in [-0.15, -0.1) is 0 Å². The van der Waals surface area contributed by atoms with Crippen molar-refractivity contribution in [3.63, 3.8) is 0 Å². The zero-order valence-electron chi connectivity index (χ0n) is 15.8. The van der Waals surface area contributed by atoms with E-state index in [1.54, 1.807) is 18.2 Å². The smallest absolute Gasteiger partial charge is 0.333 e. The van der Waals surface area contributed by atoms with Gasteiger partial charge in [0.15, 0.2) is 0 Å². The van der Waals surface area contributed by atoms with Crippen LogP contribution in [0.1, 0.15) is 12.8 Å². The first-order valence-electron chi connectivity index (χ1n) is 8.78. The zero-order chi connectivity index (χ0) is 21.2. The number of esters is 2. The number of rotatable bonds is 10. The topological polar surface area (TPSA) is 128 Å². The predicted molar refractivity (Wildman–Crippen MR) is 106 cm³/mol. The Labute approximate surface area is 171 Å². The number of hydrogen-bond acceptors (Lipinski definition) is 9. The van der Waals surface area contributed by atoms with Crippen LogP contribution in [0.15, 0.2) is 35.4 Å². The molecule has 1 heterocycles. The van der Waals surface area contributed by atoms with Crippen molar-refractivity contribution in [1.82, 2.24) is 4.90 Å². The van der Waals surface area contributed by atoms with Crippen LogP contribution in [0.5, 0.6) is 0 Å². The van der Waals surface area contributed by atoms with E-state index in [-0.39, 0.29) is 36.9 Å². The van der Waals surface area contributed by atoms with Gasteiger partial charge in [0.05, 0.1) is 41.9 Å². The van der Waals surface area contributed by atoms with Gasteiger partial charge in [0.1, 0.15) is 5.69 Å². The normalized spacial score (nSPS) is 14.7. The molecule has 11 heteroatoms. The summed E-state index contributed by atoms with van der Waals surface area (Å²) < 4.78 is 9.69. The summed E-state index contributed by atoms with van der Waals surface area (Å²) in [7, 11) is 1.26. The summed E-state index contributed by atoms with van der Waals surface area (Å²) in [6, 6.07) is 6.16. The van der Waals surface area contributed by atoms with Crippen molar-refractivity contribution in [3.05, 3.63) is 45.5 Å². The molecule has 0 bridgehead atoms. The first kappa shape index (κ1) is 22.2. The molecule has 1 aromatic rings. The summed E-state index contributed by atoms with van der Waals surface area (Å²) in [5.74, 6) is -0.863. The maximum absolute atomic E-state index is 11.9. The van der Waals surface area contributed by atoms with E-state index in [0.717, 1.165) is 0 Å². The molecule has 0 atom stereocenters. The van der Waals surface area contributed by atoms with Gasteiger partial charge < -0.3 is 19.7 Å². The fraction of sp³-hybridized carbons (Fsp3) is 0.389. The summed E-state index contributed by atoms with van der Waals surface area (Å²) in [4.78, 5) is 46.9. The van der Waals surface area contributed by atoms with E-state index in [0.29, 0.717) is 23.7 Å². The maximum Gasteiger partial charge on any atom is 0.333 e. The maximum atomic E-state index is 11.9. The Bertz CT molecular complexity index is 812. The molecule has 0 aromatic heterocycles. The van der Waals surface area contributed by atoms with E-state index < -0.39 is 16.9 Å². The number of methoxy groups -OCH3 is 1. The van der Waals surface area contributed by atoms with Crippen molar-refractivity contribution in [1.29, 1.82) is 0 Å². The van der Waals surface area contributed by atoms with Gasteiger partial charge in [0.2, 0.25) is 5.91 Å². The van der Waals surface area contributed by atoms with Gasteiger partial charge >= 0.3 is 11.9 Å². The lowest BCUT2D eigenvalue weighted by Crippen LogP contribution is -2.27. The SMILES string of the molecule is COC(=O)/C=C1/SCC(=O)N1CCCOC(=O)CCNc1ccccc1[N+](=O)[O-]. The van der Waals surface area contributed by atoms with Crippen LogP contribution < -0.4 is 5.32 Å². The van der Waals surface area contributed by atoms with E-state index in [4.69, 9.17) is 4.74 Å². The Morgan fingerprint density at radius 2 is 2.14 bits per heavy atom. The average molecular weight is 423 g/mol. The van der Waals surface area contributed by atoms with Gasteiger partial charge in [-0.2, -0.15) is 0 Å². The molecule has 156 valence electrons. The lowest BCUT2D eigenvalue weighted by molar-refractivity contribution is -0.384. The van der Waals surface area contributed by atoms with Crippen molar-refractivity contribution >= 4 is 41.0 Å². The molecule has 1 fully saturated rings. The minimum absolute atomic E-state index is 0.0397. The molecule has 2 rings (SSSR count). The molecule has 1 N–H and O–H groups in total. The summed E-state index contributed by atoms with van der Waals surface area (Å²) >= 11 is 1.25. The second-order valence-corrected chi connectivity index (χ2v) is 6.86. The largest absolute Gasteiger partial charge is 0.466 e. The zero-order valence-corrected chi connectivity index (χ0v) is 16.6. The number of nitrogens with zero attached hydrogens (tertiary/aromatic N) is 2. The number of nitro groups is 1. The Morgan fingerprint density at radius 1 is 1.38 bits per heavy atom. The molecule has 1 aliphatic heterocycles. The fourth-order valence-electron chi connectivity index (χ4n) is 2.49. The molecular weight excluding hydrogens is 402 g/mol. The van der Waals surface area contributed by atoms with Crippen LogP contribution in [-0.4, -0.2) is 60.2 Å². The van der Waals surface area contributed by atoms with Crippen LogP contribution in [0, 0.1) is 10.1 Å². The van der Waals surface area contributed by atoms with Crippen molar-refractivity contribution in [3.8, 4) is 0 Å². The molecule has 1 amide bonds. The number of anilines is 1. The number of nitrogens with one attached hydrogen (secondary N) is 1. The van der Waals surface area contributed by atoms with Crippen LogP contribution in [0.3, 0.4) is 0 Å². The molecule has 0 spiro atoms. The van der Waals surface area contributed by atoms with Gasteiger partial charge in [-0.3, -0.25) is 19.7 Å². The quantitative estimate of drug-likeness (QED) is 0.197. The van der Waals surface area contributed by atoms with Crippen molar-refractivity contribution in [2.45, 2.75) is 12.8 Å². The van der Waals surface area contributed by atoms with Crippen molar-refractivity contribution in [2.24, 2.45) is 0 Å². The Kier molecular flexibility index (Phi) is 8.46. The number of carbonyl (C=O) groups excluding carboxylic acids is 3. The molecule has 1 saturated heterocycles. The highest BCUT2D eigenvalue weighted by Gasteiger charge is 2.27. The minimum atomic E-state index is -0.537. The number of hydrogen-bond donors (Lipinski definition) is 1. The number of nitro benzene ring substituents is 1. The summed E-state index contributed by atoms with van der Waals surface area (Å²) in [6.45, 7) is 0.623. The molecule has 0 aliphatic carbocycles. The molecule has 0 unspecified atom stereocenters. The van der Waals surface area contributed by atoms with E-state index in [9.17, 15) is 24.5 Å². The highest BCUT2D eigenvalue weighted by molar-refractivity contribution is 8.04. The van der Waals surface area contributed by atoms with Gasteiger partial charge in [0, 0.05) is 19.2 Å². The van der Waals surface area contributed by atoms with E-state index in [1.807, 2.05) is 0 Å². The fourth-order valence-corrected chi connectivity index (χ4v) is 3.45. The van der Waals surface area contributed by atoms with Gasteiger partial charge in [-0.1, -0.05) is 23.9 Å². The van der Waals surface area contributed by atoms with Gasteiger partial charge in [-0.25, -0.2) is 4.79 Å². The number of benzene rings is 1. The second-order valence-electron chi connectivity index (χ2n) is 5.86. The third-order valence-electron chi connectivity index (χ3n) is 3.89. The minimum Gasteiger partial charge on any atom is -0.466 e. The number of ether oxygens (including phenoxy) is 2. The molecule has 1 aliphatic rings. The summed E-state index contributed by atoms with van der Waals surface area (Å²) in [6.07, 6.45) is 1.71. The third kappa shape index (κ3) is 6.79. The number of amides is 1. The Balaban J connectivity index is 1.70. The van der Waals surface area contributed by atoms with Crippen molar-refractivity contribution in [2.75, 3.05) is 37.9 Å². The summed E-state index contributed by atoms with van der Waals surface area (Å²) in [5, 5.41) is 14.3. The number of carbonyl (C=O) groups is 3. The average Bonchev–Trinajstić information content (AvgIpc) is 3.04. The number of thioether (sulfide) groups is 1. The lowest BCUT2D eigenvalue weighted by atomic mass is 10.2. The Morgan fingerprint density at radius 3 is 2.86 bits per heavy atom. The van der Waals surface area contributed by atoms with Crippen LogP contribution >= 0.6 is 11.8 Å². The predicted octanol–water partition coefficient (Wildman–Crippen LogP) is 1.92. The second kappa shape index (κ2) is 11.1. The lowest BCUT2D eigenvalue weighted by Gasteiger charge is -2.16. The van der Waals surface area contributed by atoms with Crippen LogP contribution in [0.2, 0.25) is 0 Å². The highest BCUT2D eigenvalue weighted by atomic mass is 32.2. The van der Waals surface area contributed by atoms with Crippen molar-refractivity contribution < 1.29 is 28.8 Å². The number of para-hydroxylation sites is 2. The molecular formula is C18H21N3O7S. The highest BCUT2D eigenvalue weighted by Crippen LogP contribution is 2.28. The third-order valence-corrected chi connectivity index (χ3v) is 4.91. The molecule has 29 heavy (non-hydrogen) atoms. The first-order valence-corrected chi connectivity index (χ1v) is 9.76. The Hall–Kier alpha value is -3.08. The van der Waals surface area contributed by atoms with E-state index in [2.05, 4.69) is 10.1 Å². The molecule has 10 nitrogen and oxygen atoms in total. The standard InChI is InChI=1S/C18H21N3O7S/c1-27-18(24)11-16-20(15(22)12-29-16)9-4-10-28-17(23)7-8-19-13-5-2-3-6-14(13)21(25)26/h2-3,5-6,11,19H,4,7-10,12H2,1H3/b16-11+. The molecule has 0 saturated carbocycles. The van der Waals surface area contributed by atoms with Crippen LogP contribution in [0.25, 0.3) is 0 Å². The van der Waals surface area contributed by atoms with Gasteiger partial charge in [-0.05, 0) is 12.5 Å². The summed E-state index contributed by atoms with van der Waals surface area (Å²) in [5.41, 5.74) is 0.269. The van der Waals surface area contributed by atoms with E-state index in [1.165, 1.54) is 35.9 Å².